The predicted molar refractivity (Wildman–Crippen MR) is 48.7 cm³/mol. The van der Waals surface area contributed by atoms with Gasteiger partial charge in [-0.2, -0.15) is 0 Å². The van der Waals surface area contributed by atoms with Crippen molar-refractivity contribution < 1.29 is 14.6 Å². The number of hydrogen-bond acceptors (Lipinski definition) is 3. The van der Waals surface area contributed by atoms with Crippen molar-refractivity contribution in [3.63, 3.8) is 0 Å². The van der Waals surface area contributed by atoms with Gasteiger partial charge in [-0.15, -0.1) is 0 Å². The lowest BCUT2D eigenvalue weighted by Gasteiger charge is -2.26. The molecular weight excluding hydrogens is 170 g/mol. The van der Waals surface area contributed by atoms with Gasteiger partial charge in [-0.3, -0.25) is 9.69 Å². The van der Waals surface area contributed by atoms with Gasteiger partial charge in [0.25, 0.3) is 0 Å². The molecule has 0 unspecified atom stereocenters. The van der Waals surface area contributed by atoms with E-state index in [4.69, 9.17) is 9.84 Å². The summed E-state index contributed by atoms with van der Waals surface area (Å²) < 4.78 is 5.21. The first-order valence-corrected chi connectivity index (χ1v) is 4.81. The molecule has 0 saturated carbocycles. The van der Waals surface area contributed by atoms with Crippen molar-refractivity contribution in [2.45, 2.75) is 19.3 Å². The van der Waals surface area contributed by atoms with Gasteiger partial charge in [0.15, 0.2) is 0 Å². The Kier molecular flexibility index (Phi) is 4.78. The molecule has 4 nitrogen and oxygen atoms in total. The van der Waals surface area contributed by atoms with Crippen LogP contribution in [-0.4, -0.2) is 48.8 Å². The number of morpholine rings is 1. The van der Waals surface area contributed by atoms with Crippen LogP contribution in [0.25, 0.3) is 0 Å². The van der Waals surface area contributed by atoms with Crippen molar-refractivity contribution in [1.82, 2.24) is 4.90 Å². The van der Waals surface area contributed by atoms with E-state index in [1.807, 2.05) is 0 Å². The van der Waals surface area contributed by atoms with Gasteiger partial charge in [0.1, 0.15) is 0 Å². The fraction of sp³-hybridized carbons (Fsp3) is 0.889. The third kappa shape index (κ3) is 4.85. The minimum atomic E-state index is -0.693. The molecule has 13 heavy (non-hydrogen) atoms. The number of carboxylic acids is 1. The van der Waals surface area contributed by atoms with Crippen LogP contribution in [0.4, 0.5) is 0 Å². The van der Waals surface area contributed by atoms with Gasteiger partial charge >= 0.3 is 5.97 Å². The van der Waals surface area contributed by atoms with Crippen molar-refractivity contribution in [2.75, 3.05) is 32.8 Å². The molecule has 0 bridgehead atoms. The Labute approximate surface area is 78.5 Å². The van der Waals surface area contributed by atoms with Crippen molar-refractivity contribution in [3.05, 3.63) is 0 Å². The van der Waals surface area contributed by atoms with Crippen LogP contribution in [0.15, 0.2) is 0 Å². The SMILES string of the molecule is O=C(O)CCCCN1CCOCC1. The number of carbonyl (C=O) groups is 1. The molecule has 0 aromatic rings. The van der Waals surface area contributed by atoms with E-state index in [1.165, 1.54) is 0 Å². The molecule has 1 heterocycles. The molecule has 0 aromatic heterocycles. The molecule has 0 amide bonds. The van der Waals surface area contributed by atoms with Gasteiger partial charge in [-0.1, -0.05) is 0 Å². The highest BCUT2D eigenvalue weighted by molar-refractivity contribution is 5.66. The zero-order valence-electron chi connectivity index (χ0n) is 7.87. The molecule has 76 valence electrons. The standard InChI is InChI=1S/C9H17NO3/c11-9(12)3-1-2-4-10-5-7-13-8-6-10/h1-8H2,(H,11,12). The van der Waals surface area contributed by atoms with Gasteiger partial charge in [0, 0.05) is 19.5 Å². The fourth-order valence-corrected chi connectivity index (χ4v) is 1.44. The second kappa shape index (κ2) is 5.94. The maximum absolute atomic E-state index is 10.2. The third-order valence-corrected chi connectivity index (χ3v) is 2.22. The molecule has 0 aliphatic carbocycles. The molecule has 1 N–H and O–H groups in total. The molecule has 4 heteroatoms. The summed E-state index contributed by atoms with van der Waals surface area (Å²) in [4.78, 5) is 12.5. The number of nitrogens with zero attached hydrogens (tertiary/aromatic N) is 1. The van der Waals surface area contributed by atoms with Gasteiger partial charge in [0.05, 0.1) is 13.2 Å². The highest BCUT2D eigenvalue weighted by Crippen LogP contribution is 2.01. The largest absolute Gasteiger partial charge is 0.481 e. The van der Waals surface area contributed by atoms with Crippen LogP contribution in [0.3, 0.4) is 0 Å². The molecule has 1 fully saturated rings. The first-order chi connectivity index (χ1) is 6.29. The van der Waals surface area contributed by atoms with E-state index in [9.17, 15) is 4.79 Å². The Hall–Kier alpha value is -0.610. The monoisotopic (exact) mass is 187 g/mol. The lowest BCUT2D eigenvalue weighted by Crippen LogP contribution is -2.36. The maximum atomic E-state index is 10.2. The van der Waals surface area contributed by atoms with Crippen molar-refractivity contribution in [1.29, 1.82) is 0 Å². The minimum absolute atomic E-state index is 0.296. The lowest BCUT2D eigenvalue weighted by atomic mass is 10.2. The Balaban J connectivity index is 1.95. The van der Waals surface area contributed by atoms with Gasteiger partial charge in [-0.05, 0) is 19.4 Å². The van der Waals surface area contributed by atoms with Gasteiger partial charge in [0.2, 0.25) is 0 Å². The van der Waals surface area contributed by atoms with E-state index >= 15 is 0 Å². The van der Waals surface area contributed by atoms with Crippen LogP contribution in [0, 0.1) is 0 Å². The second-order valence-electron chi connectivity index (χ2n) is 3.30. The van der Waals surface area contributed by atoms with Crippen LogP contribution in [-0.2, 0) is 9.53 Å². The average molecular weight is 187 g/mol. The molecule has 0 spiro atoms. The molecule has 1 saturated heterocycles. The Morgan fingerprint density at radius 1 is 1.31 bits per heavy atom. The number of unbranched alkanes of at least 4 members (excludes halogenated alkanes) is 1. The van der Waals surface area contributed by atoms with E-state index in [0.717, 1.165) is 45.7 Å². The Bertz CT molecular complexity index is 155. The highest BCUT2D eigenvalue weighted by Gasteiger charge is 2.09. The van der Waals surface area contributed by atoms with E-state index in [-0.39, 0.29) is 0 Å². The number of hydrogen-bond donors (Lipinski definition) is 1. The zero-order chi connectivity index (χ0) is 9.52. The lowest BCUT2D eigenvalue weighted by molar-refractivity contribution is -0.137. The van der Waals surface area contributed by atoms with Gasteiger partial charge < -0.3 is 9.84 Å². The molecule has 0 aromatic carbocycles. The number of aliphatic carboxylic acids is 1. The zero-order valence-corrected chi connectivity index (χ0v) is 7.87. The van der Waals surface area contributed by atoms with E-state index in [1.54, 1.807) is 0 Å². The molecule has 1 rings (SSSR count). The third-order valence-electron chi connectivity index (χ3n) is 2.22. The summed E-state index contributed by atoms with van der Waals surface area (Å²) in [6.07, 6.45) is 2.06. The van der Waals surface area contributed by atoms with Crippen LogP contribution < -0.4 is 0 Å². The summed E-state index contributed by atoms with van der Waals surface area (Å²) in [5.41, 5.74) is 0. The van der Waals surface area contributed by atoms with E-state index in [2.05, 4.69) is 4.90 Å². The van der Waals surface area contributed by atoms with Crippen molar-refractivity contribution in [2.24, 2.45) is 0 Å². The first-order valence-electron chi connectivity index (χ1n) is 4.81. The van der Waals surface area contributed by atoms with Crippen LogP contribution in [0.5, 0.6) is 0 Å². The number of ether oxygens (including phenoxy) is 1. The summed E-state index contributed by atoms with van der Waals surface area (Å²) in [6, 6.07) is 0. The Morgan fingerprint density at radius 3 is 2.62 bits per heavy atom. The van der Waals surface area contributed by atoms with Crippen molar-refractivity contribution in [3.8, 4) is 0 Å². The molecule has 1 aliphatic heterocycles. The Morgan fingerprint density at radius 2 is 2.00 bits per heavy atom. The summed E-state index contributed by atoms with van der Waals surface area (Å²) >= 11 is 0. The molecule has 0 atom stereocenters. The molecule has 1 aliphatic rings. The van der Waals surface area contributed by atoms with Crippen LogP contribution >= 0.6 is 0 Å². The van der Waals surface area contributed by atoms with Crippen molar-refractivity contribution >= 4 is 5.97 Å². The van der Waals surface area contributed by atoms with Gasteiger partial charge in [-0.25, -0.2) is 0 Å². The summed E-state index contributed by atoms with van der Waals surface area (Å²) in [5, 5.41) is 8.42. The first kappa shape index (κ1) is 10.5. The molecular formula is C9H17NO3. The quantitative estimate of drug-likeness (QED) is 0.639. The summed E-state index contributed by atoms with van der Waals surface area (Å²) in [7, 11) is 0. The normalized spacial score (nSPS) is 18.8. The number of rotatable bonds is 5. The predicted octanol–water partition coefficient (Wildman–Crippen LogP) is 0.574. The average Bonchev–Trinajstić information content (AvgIpc) is 2.14. The second-order valence-corrected chi connectivity index (χ2v) is 3.30. The van der Waals surface area contributed by atoms with E-state index in [0.29, 0.717) is 6.42 Å². The molecule has 0 radical (unpaired) electrons. The summed E-state index contributed by atoms with van der Waals surface area (Å²) in [5.74, 6) is -0.693. The highest BCUT2D eigenvalue weighted by atomic mass is 16.5. The smallest absolute Gasteiger partial charge is 0.303 e. The van der Waals surface area contributed by atoms with Crippen LogP contribution in [0.1, 0.15) is 19.3 Å². The topological polar surface area (TPSA) is 49.8 Å². The number of carboxylic acid groups (broad SMARTS) is 1. The van der Waals surface area contributed by atoms with E-state index < -0.39 is 5.97 Å². The van der Waals surface area contributed by atoms with Crippen LogP contribution in [0.2, 0.25) is 0 Å². The maximum Gasteiger partial charge on any atom is 0.303 e. The fourth-order valence-electron chi connectivity index (χ4n) is 1.44. The summed E-state index contributed by atoms with van der Waals surface area (Å²) in [6.45, 7) is 4.63. The minimum Gasteiger partial charge on any atom is -0.481 e.